The second-order valence-corrected chi connectivity index (χ2v) is 13.3. The number of amides is 2. The molecule has 0 heterocycles. The van der Waals surface area contributed by atoms with Crippen LogP contribution in [0.3, 0.4) is 0 Å². The first-order valence-corrected chi connectivity index (χ1v) is 17.0. The molecule has 0 spiro atoms. The molecule has 2 amide bonds. The van der Waals surface area contributed by atoms with Gasteiger partial charge in [-0.3, -0.25) is 13.9 Å². The van der Waals surface area contributed by atoms with Crippen molar-refractivity contribution in [3.8, 4) is 5.75 Å². The molecule has 0 radical (unpaired) electrons. The number of halogens is 1. The number of hydrogen-bond acceptors (Lipinski definition) is 5. The van der Waals surface area contributed by atoms with Crippen LogP contribution in [0.25, 0.3) is 0 Å². The Morgan fingerprint density at radius 2 is 1.59 bits per heavy atom. The van der Waals surface area contributed by atoms with Gasteiger partial charge in [0.15, 0.2) is 0 Å². The lowest BCUT2D eigenvalue weighted by atomic mass is 10.0. The van der Waals surface area contributed by atoms with Crippen LogP contribution < -0.4 is 14.4 Å². The summed E-state index contributed by atoms with van der Waals surface area (Å²) in [7, 11) is -2.76. The van der Waals surface area contributed by atoms with Crippen LogP contribution in [0.15, 0.2) is 108 Å². The number of unbranched alkanes of at least 4 members (excludes halogenated alkanes) is 1. The van der Waals surface area contributed by atoms with Gasteiger partial charge in [0, 0.05) is 24.5 Å². The Hall–Kier alpha value is -4.34. The van der Waals surface area contributed by atoms with Gasteiger partial charge < -0.3 is 15.0 Å². The minimum atomic E-state index is -4.26. The van der Waals surface area contributed by atoms with E-state index in [9.17, 15) is 18.0 Å². The highest BCUT2D eigenvalue weighted by Crippen LogP contribution is 2.28. The fraction of sp³-hybridized carbons (Fsp3) is 0.278. The molecule has 0 aliphatic carbocycles. The molecule has 10 heteroatoms. The van der Waals surface area contributed by atoms with E-state index in [0.717, 1.165) is 33.8 Å². The van der Waals surface area contributed by atoms with E-state index >= 15 is 0 Å². The number of sulfonamides is 1. The zero-order chi connectivity index (χ0) is 33.1. The third-order valence-electron chi connectivity index (χ3n) is 7.56. The number of carbonyl (C=O) groups excluding carboxylic acids is 2. The average Bonchev–Trinajstić information content (AvgIpc) is 3.05. The highest BCUT2D eigenvalue weighted by atomic mass is 35.5. The molecule has 242 valence electrons. The lowest BCUT2D eigenvalue weighted by molar-refractivity contribution is -0.140. The summed E-state index contributed by atoms with van der Waals surface area (Å²) in [5.41, 5.74) is 2.91. The molecule has 0 aliphatic rings. The summed E-state index contributed by atoms with van der Waals surface area (Å²) in [5, 5.41) is 3.32. The molecule has 1 N–H and O–H groups in total. The number of carbonyl (C=O) groups is 2. The first-order chi connectivity index (χ1) is 22.1. The lowest BCUT2D eigenvalue weighted by Gasteiger charge is -2.34. The molecule has 4 aromatic rings. The number of anilines is 1. The number of aryl methyl sites for hydroxylation is 1. The van der Waals surface area contributed by atoms with Gasteiger partial charge >= 0.3 is 0 Å². The molecule has 0 saturated carbocycles. The van der Waals surface area contributed by atoms with Crippen molar-refractivity contribution >= 4 is 39.1 Å². The molecule has 1 atom stereocenters. The molecule has 0 bridgehead atoms. The van der Waals surface area contributed by atoms with Crippen molar-refractivity contribution in [3.63, 3.8) is 0 Å². The SMILES string of the molecule is CCCCNC(=O)C(Cc1ccccc1)N(Cc1cccc(C)c1)C(=O)CN(c1cccc(Cl)c1)S(=O)(=O)c1ccc(OC)cc1. The van der Waals surface area contributed by atoms with Gasteiger partial charge in [-0.2, -0.15) is 0 Å². The molecule has 0 aliphatic heterocycles. The molecule has 4 aromatic carbocycles. The molecule has 0 fully saturated rings. The van der Waals surface area contributed by atoms with E-state index in [-0.39, 0.29) is 29.5 Å². The van der Waals surface area contributed by atoms with Crippen molar-refractivity contribution in [2.45, 2.75) is 50.6 Å². The standard InChI is InChI=1S/C36H40ClN3O5S/c1-4-5-21-38-36(42)34(23-28-12-7-6-8-13-28)39(25-29-14-9-11-27(2)22-29)35(41)26-40(31-16-10-15-30(37)24-31)46(43,44)33-19-17-32(45-3)18-20-33/h6-20,22,24,34H,4-5,21,23,25-26H2,1-3H3,(H,38,42). The number of hydrogen-bond donors (Lipinski definition) is 1. The molecular formula is C36H40ClN3O5S. The largest absolute Gasteiger partial charge is 0.497 e. The summed E-state index contributed by atoms with van der Waals surface area (Å²) in [6, 6.07) is 28.6. The average molecular weight is 662 g/mol. The Labute approximate surface area is 277 Å². The van der Waals surface area contributed by atoms with E-state index in [1.54, 1.807) is 30.3 Å². The minimum Gasteiger partial charge on any atom is -0.497 e. The van der Waals surface area contributed by atoms with Gasteiger partial charge in [0.05, 0.1) is 17.7 Å². The third kappa shape index (κ3) is 9.11. The number of benzene rings is 4. The second-order valence-electron chi connectivity index (χ2n) is 11.0. The fourth-order valence-electron chi connectivity index (χ4n) is 5.10. The maximum absolute atomic E-state index is 14.5. The lowest BCUT2D eigenvalue weighted by Crippen LogP contribution is -2.53. The van der Waals surface area contributed by atoms with E-state index in [0.29, 0.717) is 17.3 Å². The highest BCUT2D eigenvalue weighted by Gasteiger charge is 2.34. The number of methoxy groups -OCH3 is 1. The zero-order valence-corrected chi connectivity index (χ0v) is 27.9. The predicted molar refractivity (Wildman–Crippen MR) is 183 cm³/mol. The van der Waals surface area contributed by atoms with E-state index in [1.807, 2.05) is 68.4 Å². The number of ether oxygens (including phenoxy) is 1. The van der Waals surface area contributed by atoms with E-state index < -0.39 is 28.5 Å². The minimum absolute atomic E-state index is 0.0237. The first-order valence-electron chi connectivity index (χ1n) is 15.2. The molecule has 0 saturated heterocycles. The Balaban J connectivity index is 1.79. The molecule has 4 rings (SSSR count). The monoisotopic (exact) mass is 661 g/mol. The van der Waals surface area contributed by atoms with Crippen molar-refractivity contribution in [2.24, 2.45) is 0 Å². The van der Waals surface area contributed by atoms with Crippen molar-refractivity contribution in [1.29, 1.82) is 0 Å². The van der Waals surface area contributed by atoms with E-state index in [1.165, 1.54) is 30.2 Å². The molecule has 1 unspecified atom stereocenters. The van der Waals surface area contributed by atoms with Gasteiger partial charge in [-0.25, -0.2) is 8.42 Å². The molecule has 46 heavy (non-hydrogen) atoms. The van der Waals surface area contributed by atoms with Gasteiger partial charge in [-0.15, -0.1) is 0 Å². The van der Waals surface area contributed by atoms with Crippen LogP contribution in [0.4, 0.5) is 5.69 Å². The van der Waals surface area contributed by atoms with Crippen molar-refractivity contribution in [3.05, 3.63) is 125 Å². The van der Waals surface area contributed by atoms with Crippen LogP contribution in [0.1, 0.15) is 36.5 Å². The Kier molecular flexibility index (Phi) is 12.2. The van der Waals surface area contributed by atoms with Crippen molar-refractivity contribution in [1.82, 2.24) is 10.2 Å². The second kappa shape index (κ2) is 16.3. The first kappa shape index (κ1) is 34.5. The van der Waals surface area contributed by atoms with Crippen molar-refractivity contribution in [2.75, 3.05) is 24.5 Å². The smallest absolute Gasteiger partial charge is 0.264 e. The molecule has 0 aromatic heterocycles. The summed E-state index contributed by atoms with van der Waals surface area (Å²) < 4.78 is 34.6. The highest BCUT2D eigenvalue weighted by molar-refractivity contribution is 7.92. The van der Waals surface area contributed by atoms with Gasteiger partial charge in [-0.05, 0) is 66.9 Å². The molecular weight excluding hydrogens is 622 g/mol. The summed E-state index contributed by atoms with van der Waals surface area (Å²) in [4.78, 5) is 29.8. The van der Waals surface area contributed by atoms with Crippen LogP contribution in [0.2, 0.25) is 5.02 Å². The Morgan fingerprint density at radius 1 is 0.891 bits per heavy atom. The van der Waals surface area contributed by atoms with Gasteiger partial charge in [0.25, 0.3) is 10.0 Å². The van der Waals surface area contributed by atoms with Crippen LogP contribution in [0, 0.1) is 6.92 Å². The van der Waals surface area contributed by atoms with Crippen LogP contribution in [-0.4, -0.2) is 51.4 Å². The quantitative estimate of drug-likeness (QED) is 0.149. The van der Waals surface area contributed by atoms with Crippen LogP contribution in [-0.2, 0) is 32.6 Å². The number of nitrogens with one attached hydrogen (secondary N) is 1. The summed E-state index contributed by atoms with van der Waals surface area (Å²) >= 11 is 6.30. The predicted octanol–water partition coefficient (Wildman–Crippen LogP) is 6.41. The van der Waals surface area contributed by atoms with Gasteiger partial charge in [0.1, 0.15) is 18.3 Å². The summed E-state index contributed by atoms with van der Waals surface area (Å²) in [6.45, 7) is 4.00. The van der Waals surface area contributed by atoms with Crippen LogP contribution in [0.5, 0.6) is 5.75 Å². The summed E-state index contributed by atoms with van der Waals surface area (Å²) in [5.74, 6) is -0.345. The maximum atomic E-state index is 14.5. The zero-order valence-electron chi connectivity index (χ0n) is 26.4. The van der Waals surface area contributed by atoms with Crippen LogP contribution >= 0.6 is 11.6 Å². The normalized spacial score (nSPS) is 11.8. The fourth-order valence-corrected chi connectivity index (χ4v) is 6.69. The maximum Gasteiger partial charge on any atom is 0.264 e. The Morgan fingerprint density at radius 3 is 2.24 bits per heavy atom. The topological polar surface area (TPSA) is 96.0 Å². The van der Waals surface area contributed by atoms with Gasteiger partial charge in [-0.1, -0.05) is 91.2 Å². The van der Waals surface area contributed by atoms with E-state index in [4.69, 9.17) is 16.3 Å². The van der Waals surface area contributed by atoms with Crippen molar-refractivity contribution < 1.29 is 22.7 Å². The number of rotatable bonds is 15. The van der Waals surface area contributed by atoms with E-state index in [2.05, 4.69) is 5.32 Å². The summed E-state index contributed by atoms with van der Waals surface area (Å²) in [6.07, 6.45) is 1.93. The van der Waals surface area contributed by atoms with Gasteiger partial charge in [0.2, 0.25) is 11.8 Å². The molecule has 8 nitrogen and oxygen atoms in total. The Bertz CT molecular complexity index is 1720. The number of nitrogens with zero attached hydrogens (tertiary/aromatic N) is 2. The third-order valence-corrected chi connectivity index (χ3v) is 9.58.